The zero-order valence-electron chi connectivity index (χ0n) is 9.89. The van der Waals surface area contributed by atoms with Crippen LogP contribution in [0.2, 0.25) is 0 Å². The van der Waals surface area contributed by atoms with Crippen molar-refractivity contribution >= 4 is 21.8 Å². The maximum atomic E-state index is 13.0. The predicted octanol–water partition coefficient (Wildman–Crippen LogP) is 2.32. The van der Waals surface area contributed by atoms with Crippen LogP contribution in [0.4, 0.5) is 4.39 Å². The number of carbonyl (C=O) groups is 1. The summed E-state index contributed by atoms with van der Waals surface area (Å²) in [6.07, 6.45) is 0. The lowest BCUT2D eigenvalue weighted by Crippen LogP contribution is -2.34. The highest BCUT2D eigenvalue weighted by molar-refractivity contribution is 9.10. The van der Waals surface area contributed by atoms with Gasteiger partial charge in [-0.2, -0.15) is 0 Å². The second-order valence-corrected chi connectivity index (χ2v) is 4.84. The monoisotopic (exact) mass is 302 g/mol. The van der Waals surface area contributed by atoms with E-state index in [2.05, 4.69) is 26.6 Å². The van der Waals surface area contributed by atoms with Gasteiger partial charge < -0.3 is 10.6 Å². The van der Waals surface area contributed by atoms with Gasteiger partial charge in [-0.25, -0.2) is 4.39 Å². The molecule has 94 valence electrons. The summed E-state index contributed by atoms with van der Waals surface area (Å²) in [5, 5.41) is 5.90. The Hall–Kier alpha value is -0.940. The Kier molecular flexibility index (Phi) is 5.58. The molecule has 0 aliphatic carbocycles. The lowest BCUT2D eigenvalue weighted by molar-refractivity contribution is 0.0952. The van der Waals surface area contributed by atoms with Gasteiger partial charge in [-0.1, -0.05) is 13.8 Å². The minimum Gasteiger partial charge on any atom is -0.351 e. The molecule has 1 amide bonds. The van der Waals surface area contributed by atoms with Gasteiger partial charge in [0.2, 0.25) is 0 Å². The molecule has 17 heavy (non-hydrogen) atoms. The van der Waals surface area contributed by atoms with Crippen molar-refractivity contribution in [3.05, 3.63) is 34.1 Å². The highest BCUT2D eigenvalue weighted by atomic mass is 79.9. The molecule has 0 spiro atoms. The Morgan fingerprint density at radius 1 is 1.41 bits per heavy atom. The SMILES string of the molecule is CC(C)NCCNC(=O)c1cc(F)ccc1Br. The van der Waals surface area contributed by atoms with Gasteiger partial charge in [0.1, 0.15) is 5.82 Å². The normalized spacial score (nSPS) is 10.6. The smallest absolute Gasteiger partial charge is 0.252 e. The van der Waals surface area contributed by atoms with Crippen LogP contribution in [0.15, 0.2) is 22.7 Å². The lowest BCUT2D eigenvalue weighted by Gasteiger charge is -2.10. The van der Waals surface area contributed by atoms with Crippen molar-refractivity contribution in [2.24, 2.45) is 0 Å². The summed E-state index contributed by atoms with van der Waals surface area (Å²) >= 11 is 3.22. The lowest BCUT2D eigenvalue weighted by atomic mass is 10.2. The van der Waals surface area contributed by atoms with E-state index >= 15 is 0 Å². The van der Waals surface area contributed by atoms with Gasteiger partial charge >= 0.3 is 0 Å². The van der Waals surface area contributed by atoms with Crippen LogP contribution in [0.3, 0.4) is 0 Å². The summed E-state index contributed by atoms with van der Waals surface area (Å²) in [7, 11) is 0. The summed E-state index contributed by atoms with van der Waals surface area (Å²) < 4.78 is 13.6. The standard InChI is InChI=1S/C12H16BrFN2O/c1-8(2)15-5-6-16-12(17)10-7-9(14)3-4-11(10)13/h3-4,7-8,15H,5-6H2,1-2H3,(H,16,17). The molecule has 1 aromatic rings. The number of benzene rings is 1. The van der Waals surface area contributed by atoms with Gasteiger partial charge in [0.25, 0.3) is 5.91 Å². The zero-order valence-corrected chi connectivity index (χ0v) is 11.5. The Labute approximate surface area is 109 Å². The van der Waals surface area contributed by atoms with Gasteiger partial charge in [-0.05, 0) is 34.1 Å². The second kappa shape index (κ2) is 6.71. The molecule has 0 aliphatic heterocycles. The molecule has 0 aliphatic rings. The number of nitrogens with one attached hydrogen (secondary N) is 2. The van der Waals surface area contributed by atoms with E-state index in [1.54, 1.807) is 0 Å². The summed E-state index contributed by atoms with van der Waals surface area (Å²) in [6, 6.07) is 4.43. The molecular weight excluding hydrogens is 287 g/mol. The first-order valence-electron chi connectivity index (χ1n) is 5.47. The number of amides is 1. The number of hydrogen-bond donors (Lipinski definition) is 2. The van der Waals surface area contributed by atoms with Crippen molar-refractivity contribution in [2.75, 3.05) is 13.1 Å². The minimum atomic E-state index is -0.418. The molecule has 0 aromatic heterocycles. The van der Waals surface area contributed by atoms with E-state index in [4.69, 9.17) is 0 Å². The Morgan fingerprint density at radius 3 is 2.76 bits per heavy atom. The van der Waals surface area contributed by atoms with Crippen LogP contribution < -0.4 is 10.6 Å². The van der Waals surface area contributed by atoms with Crippen molar-refractivity contribution in [1.29, 1.82) is 0 Å². The van der Waals surface area contributed by atoms with Crippen LogP contribution in [0.5, 0.6) is 0 Å². The fraction of sp³-hybridized carbons (Fsp3) is 0.417. The Balaban J connectivity index is 2.49. The Bertz CT molecular complexity index is 396. The summed E-state index contributed by atoms with van der Waals surface area (Å²) in [5.74, 6) is -0.694. The topological polar surface area (TPSA) is 41.1 Å². The first-order chi connectivity index (χ1) is 8.00. The van der Waals surface area contributed by atoms with E-state index < -0.39 is 5.82 Å². The third-order valence-corrected chi connectivity index (χ3v) is 2.83. The molecule has 0 unspecified atom stereocenters. The molecule has 0 radical (unpaired) electrons. The maximum absolute atomic E-state index is 13.0. The molecule has 2 N–H and O–H groups in total. The molecule has 1 rings (SSSR count). The van der Waals surface area contributed by atoms with E-state index in [-0.39, 0.29) is 5.91 Å². The molecule has 0 atom stereocenters. The van der Waals surface area contributed by atoms with Crippen LogP contribution in [-0.2, 0) is 0 Å². The molecule has 0 saturated carbocycles. The van der Waals surface area contributed by atoms with Crippen molar-refractivity contribution in [3.63, 3.8) is 0 Å². The average Bonchev–Trinajstić information content (AvgIpc) is 2.27. The van der Waals surface area contributed by atoms with Gasteiger partial charge in [0, 0.05) is 23.6 Å². The minimum absolute atomic E-state index is 0.276. The first-order valence-corrected chi connectivity index (χ1v) is 6.26. The van der Waals surface area contributed by atoms with Crippen molar-refractivity contribution in [1.82, 2.24) is 10.6 Å². The molecule has 3 nitrogen and oxygen atoms in total. The zero-order chi connectivity index (χ0) is 12.8. The summed E-state index contributed by atoms with van der Waals surface area (Å²) in [6.45, 7) is 5.27. The quantitative estimate of drug-likeness (QED) is 0.820. The van der Waals surface area contributed by atoms with Gasteiger partial charge in [-0.3, -0.25) is 4.79 Å². The summed E-state index contributed by atoms with van der Waals surface area (Å²) in [5.41, 5.74) is 0.314. The third kappa shape index (κ3) is 4.83. The predicted molar refractivity (Wildman–Crippen MR) is 69.6 cm³/mol. The van der Waals surface area contributed by atoms with Gasteiger partial charge in [0.05, 0.1) is 5.56 Å². The van der Waals surface area contributed by atoms with E-state index in [0.29, 0.717) is 29.2 Å². The molecule has 5 heteroatoms. The summed E-state index contributed by atoms with van der Waals surface area (Å²) in [4.78, 5) is 11.7. The molecule has 0 saturated heterocycles. The fourth-order valence-corrected chi connectivity index (χ4v) is 1.73. The molecule has 0 heterocycles. The van der Waals surface area contributed by atoms with Gasteiger partial charge in [0.15, 0.2) is 0 Å². The number of rotatable bonds is 5. The fourth-order valence-electron chi connectivity index (χ4n) is 1.30. The number of hydrogen-bond acceptors (Lipinski definition) is 2. The largest absolute Gasteiger partial charge is 0.351 e. The van der Waals surface area contributed by atoms with Crippen molar-refractivity contribution in [2.45, 2.75) is 19.9 Å². The molecular formula is C12H16BrFN2O. The average molecular weight is 303 g/mol. The molecule has 1 aromatic carbocycles. The van der Waals surface area contributed by atoms with Crippen LogP contribution in [0.1, 0.15) is 24.2 Å². The number of carbonyl (C=O) groups excluding carboxylic acids is 1. The number of halogens is 2. The van der Waals surface area contributed by atoms with E-state index in [1.165, 1.54) is 18.2 Å². The van der Waals surface area contributed by atoms with Crippen LogP contribution in [0, 0.1) is 5.82 Å². The van der Waals surface area contributed by atoms with Crippen molar-refractivity contribution in [3.8, 4) is 0 Å². The highest BCUT2D eigenvalue weighted by Gasteiger charge is 2.10. The molecule has 0 bridgehead atoms. The van der Waals surface area contributed by atoms with Gasteiger partial charge in [-0.15, -0.1) is 0 Å². The second-order valence-electron chi connectivity index (χ2n) is 3.99. The van der Waals surface area contributed by atoms with Crippen LogP contribution in [0.25, 0.3) is 0 Å². The highest BCUT2D eigenvalue weighted by Crippen LogP contribution is 2.17. The van der Waals surface area contributed by atoms with Crippen molar-refractivity contribution < 1.29 is 9.18 Å². The van der Waals surface area contributed by atoms with E-state index in [9.17, 15) is 9.18 Å². The van der Waals surface area contributed by atoms with Crippen LogP contribution in [-0.4, -0.2) is 25.0 Å². The maximum Gasteiger partial charge on any atom is 0.252 e. The first kappa shape index (κ1) is 14.1. The van der Waals surface area contributed by atoms with E-state index in [0.717, 1.165) is 0 Å². The Morgan fingerprint density at radius 2 is 2.12 bits per heavy atom. The van der Waals surface area contributed by atoms with E-state index in [1.807, 2.05) is 13.8 Å². The van der Waals surface area contributed by atoms with Crippen LogP contribution >= 0.6 is 15.9 Å². The third-order valence-electron chi connectivity index (χ3n) is 2.14. The molecule has 0 fully saturated rings.